The van der Waals surface area contributed by atoms with Gasteiger partial charge in [0.15, 0.2) is 5.60 Å². The molecule has 6 heteroatoms. The molecule has 0 spiro atoms. The Morgan fingerprint density at radius 3 is 2.93 bits per heavy atom. The summed E-state index contributed by atoms with van der Waals surface area (Å²) in [7, 11) is 1.23. The average molecular weight is 231 g/mol. The van der Waals surface area contributed by atoms with Crippen molar-refractivity contribution in [3.05, 3.63) is 12.0 Å². The molecule has 0 aliphatic rings. The van der Waals surface area contributed by atoms with Gasteiger partial charge in [-0.15, -0.1) is 0 Å². The molecule has 0 amide bonds. The first-order valence-corrected chi connectivity index (χ1v) is 5.30. The number of ether oxygens (including phenoxy) is 1. The second-order valence-corrected chi connectivity index (χ2v) is 4.24. The molecule has 0 aliphatic heterocycles. The number of aliphatic hydroxyl groups is 1. The minimum atomic E-state index is -1.53. The van der Waals surface area contributed by atoms with E-state index in [2.05, 4.69) is 9.72 Å². The van der Waals surface area contributed by atoms with Gasteiger partial charge in [0.25, 0.3) is 5.22 Å². The molecule has 1 unspecified atom stereocenters. The highest BCUT2D eigenvalue weighted by Gasteiger charge is 2.32. The van der Waals surface area contributed by atoms with Crippen molar-refractivity contribution >= 4 is 17.7 Å². The van der Waals surface area contributed by atoms with E-state index in [0.717, 1.165) is 17.5 Å². The first-order valence-electron chi connectivity index (χ1n) is 4.31. The first-order chi connectivity index (χ1) is 6.95. The van der Waals surface area contributed by atoms with E-state index in [4.69, 9.17) is 4.42 Å². The maximum absolute atomic E-state index is 11.1. The highest BCUT2D eigenvalue weighted by atomic mass is 32.2. The number of aryl methyl sites for hydroxylation is 1. The van der Waals surface area contributed by atoms with Crippen LogP contribution in [0.15, 0.2) is 15.9 Å². The summed E-state index contributed by atoms with van der Waals surface area (Å²) < 4.78 is 9.52. The monoisotopic (exact) mass is 231 g/mol. The summed E-state index contributed by atoms with van der Waals surface area (Å²) in [5.41, 5.74) is -0.767. The molecule has 0 aromatic carbocycles. The summed E-state index contributed by atoms with van der Waals surface area (Å²) in [6.07, 6.45) is 1.51. The Labute approximate surface area is 91.8 Å². The Morgan fingerprint density at radius 2 is 2.47 bits per heavy atom. The van der Waals surface area contributed by atoms with Gasteiger partial charge in [0.05, 0.1) is 12.8 Å². The number of hydrogen-bond acceptors (Lipinski definition) is 6. The van der Waals surface area contributed by atoms with Crippen molar-refractivity contribution in [1.29, 1.82) is 0 Å². The Hall–Kier alpha value is -1.01. The van der Waals surface area contributed by atoms with Crippen LogP contribution in [0.3, 0.4) is 0 Å². The summed E-state index contributed by atoms with van der Waals surface area (Å²) >= 11 is 1.16. The van der Waals surface area contributed by atoms with E-state index in [0.29, 0.717) is 5.22 Å². The summed E-state index contributed by atoms with van der Waals surface area (Å²) in [5.74, 6) is -0.530. The number of methoxy groups -OCH3 is 1. The predicted octanol–water partition coefficient (Wildman–Crippen LogP) is 0.999. The molecule has 1 aromatic heterocycles. The third-order valence-electron chi connectivity index (χ3n) is 1.70. The molecule has 1 N–H and O–H groups in total. The van der Waals surface area contributed by atoms with Crippen molar-refractivity contribution in [2.45, 2.75) is 24.7 Å². The SMILES string of the molecule is COC(=O)C(C)(O)CSc1nc(C)co1. The van der Waals surface area contributed by atoms with Gasteiger partial charge in [-0.3, -0.25) is 0 Å². The minimum absolute atomic E-state index is 0.139. The maximum Gasteiger partial charge on any atom is 0.338 e. The molecule has 0 aliphatic carbocycles. The van der Waals surface area contributed by atoms with Gasteiger partial charge in [-0.2, -0.15) is 0 Å². The third kappa shape index (κ3) is 3.24. The van der Waals surface area contributed by atoms with E-state index in [9.17, 15) is 9.90 Å². The van der Waals surface area contributed by atoms with E-state index in [1.54, 1.807) is 6.92 Å². The van der Waals surface area contributed by atoms with Crippen molar-refractivity contribution in [2.24, 2.45) is 0 Å². The lowest BCUT2D eigenvalue weighted by Gasteiger charge is -2.18. The lowest BCUT2D eigenvalue weighted by Crippen LogP contribution is -2.38. The maximum atomic E-state index is 11.1. The minimum Gasteiger partial charge on any atom is -0.467 e. The third-order valence-corrected chi connectivity index (χ3v) is 2.84. The van der Waals surface area contributed by atoms with Crippen LogP contribution in [0.4, 0.5) is 0 Å². The fourth-order valence-corrected chi connectivity index (χ4v) is 1.73. The second kappa shape index (κ2) is 4.67. The number of rotatable bonds is 4. The van der Waals surface area contributed by atoms with Gasteiger partial charge in [0, 0.05) is 5.75 Å². The van der Waals surface area contributed by atoms with Crippen molar-refractivity contribution in [2.75, 3.05) is 12.9 Å². The molecule has 1 aromatic rings. The number of esters is 1. The van der Waals surface area contributed by atoms with Crippen LogP contribution in [0.1, 0.15) is 12.6 Å². The summed E-state index contributed by atoms with van der Waals surface area (Å²) in [4.78, 5) is 15.2. The molecule has 1 atom stereocenters. The number of hydrogen-bond donors (Lipinski definition) is 1. The number of carbonyl (C=O) groups excluding carboxylic acids is 1. The van der Waals surface area contributed by atoms with Crippen LogP contribution in [0, 0.1) is 6.92 Å². The van der Waals surface area contributed by atoms with Crippen LogP contribution in [-0.2, 0) is 9.53 Å². The Kier molecular flexibility index (Phi) is 3.76. The second-order valence-electron chi connectivity index (χ2n) is 3.31. The fourth-order valence-electron chi connectivity index (χ4n) is 0.880. The standard InChI is InChI=1S/C9H13NO4S/c1-6-4-14-8(10-6)15-5-9(2,12)7(11)13-3/h4,12H,5H2,1-3H3. The predicted molar refractivity (Wildman–Crippen MR) is 54.6 cm³/mol. The zero-order chi connectivity index (χ0) is 11.5. The number of nitrogens with zero attached hydrogens (tertiary/aromatic N) is 1. The van der Waals surface area contributed by atoms with Gasteiger partial charge >= 0.3 is 5.97 Å². The molecule has 1 heterocycles. The Morgan fingerprint density at radius 1 is 1.80 bits per heavy atom. The van der Waals surface area contributed by atoms with Gasteiger partial charge in [-0.25, -0.2) is 9.78 Å². The molecule has 0 saturated heterocycles. The first kappa shape index (κ1) is 12.1. The van der Waals surface area contributed by atoms with Gasteiger partial charge in [-0.05, 0) is 13.8 Å². The number of thioether (sulfide) groups is 1. The summed E-state index contributed by atoms with van der Waals surface area (Å²) in [5, 5.41) is 10.1. The van der Waals surface area contributed by atoms with Crippen LogP contribution in [-0.4, -0.2) is 34.5 Å². The molecular weight excluding hydrogens is 218 g/mol. The van der Waals surface area contributed by atoms with E-state index in [-0.39, 0.29) is 5.75 Å². The molecule has 0 saturated carbocycles. The van der Waals surface area contributed by atoms with E-state index < -0.39 is 11.6 Å². The molecule has 0 bridgehead atoms. The van der Waals surface area contributed by atoms with E-state index >= 15 is 0 Å². The average Bonchev–Trinajstić information content (AvgIpc) is 2.60. The number of aromatic nitrogens is 1. The quantitative estimate of drug-likeness (QED) is 0.615. The van der Waals surface area contributed by atoms with Gasteiger partial charge in [-0.1, -0.05) is 11.8 Å². The molecule has 0 radical (unpaired) electrons. The molecule has 0 fully saturated rings. The Bertz CT molecular complexity index is 348. The lowest BCUT2D eigenvalue weighted by molar-refractivity contribution is -0.158. The van der Waals surface area contributed by atoms with E-state index in [1.807, 2.05) is 0 Å². The Balaban J connectivity index is 2.53. The van der Waals surface area contributed by atoms with Crippen LogP contribution < -0.4 is 0 Å². The zero-order valence-corrected chi connectivity index (χ0v) is 9.63. The largest absolute Gasteiger partial charge is 0.467 e. The summed E-state index contributed by atoms with van der Waals surface area (Å²) in [6, 6.07) is 0. The van der Waals surface area contributed by atoms with Crippen molar-refractivity contribution < 1.29 is 19.1 Å². The number of carbonyl (C=O) groups is 1. The van der Waals surface area contributed by atoms with Crippen LogP contribution in [0.5, 0.6) is 0 Å². The van der Waals surface area contributed by atoms with Gasteiger partial charge < -0.3 is 14.3 Å². The molecule has 84 valence electrons. The van der Waals surface area contributed by atoms with Crippen LogP contribution in [0.2, 0.25) is 0 Å². The summed E-state index contributed by atoms with van der Waals surface area (Å²) in [6.45, 7) is 3.19. The van der Waals surface area contributed by atoms with Crippen molar-refractivity contribution in [3.8, 4) is 0 Å². The molecule has 5 nitrogen and oxygen atoms in total. The fraction of sp³-hybridized carbons (Fsp3) is 0.556. The van der Waals surface area contributed by atoms with Crippen LogP contribution >= 0.6 is 11.8 Å². The number of oxazole rings is 1. The highest BCUT2D eigenvalue weighted by molar-refractivity contribution is 7.99. The van der Waals surface area contributed by atoms with Crippen molar-refractivity contribution in [1.82, 2.24) is 4.98 Å². The van der Waals surface area contributed by atoms with Gasteiger partial charge in [0.2, 0.25) is 0 Å². The molecular formula is C9H13NO4S. The molecule has 15 heavy (non-hydrogen) atoms. The highest BCUT2D eigenvalue weighted by Crippen LogP contribution is 2.22. The van der Waals surface area contributed by atoms with Gasteiger partial charge in [0.1, 0.15) is 6.26 Å². The van der Waals surface area contributed by atoms with Crippen LogP contribution in [0.25, 0.3) is 0 Å². The van der Waals surface area contributed by atoms with Crippen molar-refractivity contribution in [3.63, 3.8) is 0 Å². The molecule has 1 rings (SSSR count). The zero-order valence-electron chi connectivity index (χ0n) is 8.81. The lowest BCUT2D eigenvalue weighted by atomic mass is 10.1. The normalized spacial score (nSPS) is 14.7. The topological polar surface area (TPSA) is 72.6 Å². The smallest absolute Gasteiger partial charge is 0.338 e. The van der Waals surface area contributed by atoms with E-state index in [1.165, 1.54) is 20.3 Å².